The van der Waals surface area contributed by atoms with Gasteiger partial charge in [-0.15, -0.1) is 0 Å². The quantitative estimate of drug-likeness (QED) is 0.881. The van der Waals surface area contributed by atoms with Crippen LogP contribution in [0.25, 0.3) is 0 Å². The van der Waals surface area contributed by atoms with Gasteiger partial charge in [-0.25, -0.2) is 17.9 Å². The van der Waals surface area contributed by atoms with Crippen molar-refractivity contribution in [2.24, 2.45) is 0 Å². The van der Waals surface area contributed by atoms with E-state index in [1.54, 1.807) is 0 Å². The first kappa shape index (κ1) is 14.1. The summed E-state index contributed by atoms with van der Waals surface area (Å²) in [4.78, 5) is 10.7. The Morgan fingerprint density at radius 1 is 1.37 bits per heavy atom. The van der Waals surface area contributed by atoms with Crippen LogP contribution in [-0.4, -0.2) is 25.5 Å². The number of hydrogen-bond donors (Lipinski definition) is 2. The van der Waals surface area contributed by atoms with Crippen molar-refractivity contribution < 1.29 is 22.7 Å². The van der Waals surface area contributed by atoms with Gasteiger partial charge < -0.3 is 9.52 Å². The molecule has 0 radical (unpaired) electrons. The summed E-state index contributed by atoms with van der Waals surface area (Å²) in [5.74, 6) is -1.54. The van der Waals surface area contributed by atoms with Crippen LogP contribution >= 0.6 is 0 Å². The Kier molecular flexibility index (Phi) is 3.96. The van der Waals surface area contributed by atoms with E-state index in [-0.39, 0.29) is 22.5 Å². The van der Waals surface area contributed by atoms with E-state index < -0.39 is 16.0 Å². The molecule has 0 saturated heterocycles. The maximum Gasteiger partial charge on any atom is 0.371 e. The molecule has 2 rings (SSSR count). The van der Waals surface area contributed by atoms with Gasteiger partial charge in [0.25, 0.3) is 0 Å². The Balaban J connectivity index is 2.21. The van der Waals surface area contributed by atoms with Crippen molar-refractivity contribution in [3.05, 3.63) is 17.6 Å². The van der Waals surface area contributed by atoms with Crippen molar-refractivity contribution in [2.45, 2.75) is 50.0 Å². The molecule has 0 unspecified atom stereocenters. The van der Waals surface area contributed by atoms with Gasteiger partial charge in [0, 0.05) is 12.1 Å². The number of aromatic carboxylic acids is 1. The normalized spacial score (nSPS) is 17.5. The van der Waals surface area contributed by atoms with Crippen LogP contribution in [0.2, 0.25) is 0 Å². The zero-order chi connectivity index (χ0) is 14.0. The molecule has 0 spiro atoms. The van der Waals surface area contributed by atoms with Crippen LogP contribution in [0.1, 0.15) is 48.4 Å². The fourth-order valence-corrected chi connectivity index (χ4v) is 3.82. The summed E-state index contributed by atoms with van der Waals surface area (Å²) in [5.41, 5.74) is 0. The van der Waals surface area contributed by atoms with Crippen LogP contribution in [-0.2, 0) is 10.0 Å². The number of furan rings is 1. The molecular formula is C12H17NO5S. The first-order valence-electron chi connectivity index (χ1n) is 6.26. The maximum absolute atomic E-state index is 12.2. The van der Waals surface area contributed by atoms with Crippen LogP contribution in [0, 0.1) is 6.92 Å². The molecule has 6 nitrogen and oxygen atoms in total. The van der Waals surface area contributed by atoms with Gasteiger partial charge >= 0.3 is 5.97 Å². The summed E-state index contributed by atoms with van der Waals surface area (Å²) in [6.45, 7) is 1.45. The van der Waals surface area contributed by atoms with E-state index in [2.05, 4.69) is 4.72 Å². The third kappa shape index (κ3) is 3.16. The molecule has 1 fully saturated rings. The summed E-state index contributed by atoms with van der Waals surface area (Å²) < 4.78 is 31.9. The Hall–Kier alpha value is -1.34. The van der Waals surface area contributed by atoms with E-state index in [0.29, 0.717) is 0 Å². The van der Waals surface area contributed by atoms with Gasteiger partial charge in [0.05, 0.1) is 0 Å². The SMILES string of the molecule is Cc1oc(C(=O)O)cc1S(=O)(=O)NC1CCCCC1. The molecule has 0 atom stereocenters. The largest absolute Gasteiger partial charge is 0.475 e. The van der Waals surface area contributed by atoms with E-state index in [1.807, 2.05) is 0 Å². The molecule has 1 aromatic heterocycles. The monoisotopic (exact) mass is 287 g/mol. The molecule has 19 heavy (non-hydrogen) atoms. The van der Waals surface area contributed by atoms with Gasteiger partial charge in [0.2, 0.25) is 15.8 Å². The van der Waals surface area contributed by atoms with Gasteiger partial charge in [-0.05, 0) is 19.8 Å². The lowest BCUT2D eigenvalue weighted by Gasteiger charge is -2.22. The van der Waals surface area contributed by atoms with Gasteiger partial charge in [-0.3, -0.25) is 0 Å². The lowest BCUT2D eigenvalue weighted by atomic mass is 9.96. The topological polar surface area (TPSA) is 96.6 Å². The smallest absolute Gasteiger partial charge is 0.371 e. The van der Waals surface area contributed by atoms with E-state index in [4.69, 9.17) is 9.52 Å². The summed E-state index contributed by atoms with van der Waals surface area (Å²) in [6, 6.07) is 0.990. The van der Waals surface area contributed by atoms with Gasteiger partial charge in [-0.1, -0.05) is 19.3 Å². The maximum atomic E-state index is 12.2. The highest BCUT2D eigenvalue weighted by Gasteiger charge is 2.27. The number of carboxylic acid groups (broad SMARTS) is 1. The van der Waals surface area contributed by atoms with Crippen LogP contribution in [0.4, 0.5) is 0 Å². The molecule has 1 heterocycles. The molecule has 106 valence electrons. The van der Waals surface area contributed by atoms with E-state index >= 15 is 0 Å². The molecular weight excluding hydrogens is 270 g/mol. The van der Waals surface area contributed by atoms with Gasteiger partial charge in [-0.2, -0.15) is 0 Å². The molecule has 7 heteroatoms. The molecule has 1 aliphatic carbocycles. The minimum atomic E-state index is -3.71. The standard InChI is InChI=1S/C12H17NO5S/c1-8-11(7-10(18-8)12(14)15)19(16,17)13-9-5-3-2-4-6-9/h7,9,13H,2-6H2,1H3,(H,14,15). The van der Waals surface area contributed by atoms with Crippen molar-refractivity contribution in [1.29, 1.82) is 0 Å². The van der Waals surface area contributed by atoms with E-state index in [1.165, 1.54) is 6.92 Å². The number of carbonyl (C=O) groups is 1. The molecule has 0 amide bonds. The highest BCUT2D eigenvalue weighted by atomic mass is 32.2. The molecule has 1 aliphatic rings. The number of sulfonamides is 1. The first-order chi connectivity index (χ1) is 8.90. The highest BCUT2D eigenvalue weighted by molar-refractivity contribution is 7.89. The number of rotatable bonds is 4. The summed E-state index contributed by atoms with van der Waals surface area (Å²) >= 11 is 0. The number of aryl methyl sites for hydroxylation is 1. The molecule has 0 aromatic carbocycles. The lowest BCUT2D eigenvalue weighted by Crippen LogP contribution is -2.36. The molecule has 0 aliphatic heterocycles. The highest BCUT2D eigenvalue weighted by Crippen LogP contribution is 2.23. The Morgan fingerprint density at radius 3 is 2.53 bits per heavy atom. The zero-order valence-corrected chi connectivity index (χ0v) is 11.5. The molecule has 1 aromatic rings. The second-order valence-electron chi connectivity index (χ2n) is 4.79. The van der Waals surface area contributed by atoms with Gasteiger partial charge in [0.1, 0.15) is 10.7 Å². The molecule has 2 N–H and O–H groups in total. The van der Waals surface area contributed by atoms with Gasteiger partial charge in [0.15, 0.2) is 0 Å². The minimum Gasteiger partial charge on any atom is -0.475 e. The Labute approximate surface area is 111 Å². The minimum absolute atomic E-state index is 0.0682. The van der Waals surface area contributed by atoms with Crippen LogP contribution in [0.15, 0.2) is 15.4 Å². The van der Waals surface area contributed by atoms with Crippen LogP contribution in [0.3, 0.4) is 0 Å². The fourth-order valence-electron chi connectivity index (χ4n) is 2.34. The fraction of sp³-hybridized carbons (Fsp3) is 0.583. The average molecular weight is 287 g/mol. The lowest BCUT2D eigenvalue weighted by molar-refractivity contribution is 0.0661. The van der Waals surface area contributed by atoms with Crippen molar-refractivity contribution >= 4 is 16.0 Å². The van der Waals surface area contributed by atoms with Crippen molar-refractivity contribution in [2.75, 3.05) is 0 Å². The van der Waals surface area contributed by atoms with Crippen molar-refractivity contribution in [3.63, 3.8) is 0 Å². The zero-order valence-electron chi connectivity index (χ0n) is 10.7. The molecule has 1 saturated carbocycles. The van der Waals surface area contributed by atoms with Crippen molar-refractivity contribution in [1.82, 2.24) is 4.72 Å². The number of hydrogen-bond acceptors (Lipinski definition) is 4. The number of nitrogens with one attached hydrogen (secondary N) is 1. The van der Waals surface area contributed by atoms with Crippen LogP contribution in [0.5, 0.6) is 0 Å². The second kappa shape index (κ2) is 5.34. The third-order valence-corrected chi connectivity index (χ3v) is 4.93. The summed E-state index contributed by atoms with van der Waals surface area (Å²) in [5, 5.41) is 8.80. The Morgan fingerprint density at radius 2 is 2.00 bits per heavy atom. The average Bonchev–Trinajstić information content (AvgIpc) is 2.73. The Bertz CT molecular complexity index is 569. The predicted octanol–water partition coefficient (Wildman–Crippen LogP) is 1.90. The van der Waals surface area contributed by atoms with Crippen LogP contribution < -0.4 is 4.72 Å². The van der Waals surface area contributed by atoms with E-state index in [9.17, 15) is 13.2 Å². The van der Waals surface area contributed by atoms with Crippen molar-refractivity contribution in [3.8, 4) is 0 Å². The summed E-state index contributed by atoms with van der Waals surface area (Å²) in [7, 11) is -3.71. The second-order valence-corrected chi connectivity index (χ2v) is 6.47. The van der Waals surface area contributed by atoms with E-state index in [0.717, 1.165) is 38.2 Å². The predicted molar refractivity (Wildman–Crippen MR) is 67.6 cm³/mol. The number of carboxylic acids is 1. The summed E-state index contributed by atoms with van der Waals surface area (Å²) in [6.07, 6.45) is 4.80. The first-order valence-corrected chi connectivity index (χ1v) is 7.74. The molecule has 0 bridgehead atoms. The third-order valence-electron chi connectivity index (χ3n) is 3.30.